The monoisotopic (exact) mass is 452 g/mol. The number of fused-ring (bicyclic) bond motifs is 2. The van der Waals surface area contributed by atoms with Crippen LogP contribution in [0.5, 0.6) is 5.75 Å². The van der Waals surface area contributed by atoms with E-state index in [0.717, 1.165) is 36.5 Å². The highest BCUT2D eigenvalue weighted by atomic mass is 32.4. The Balaban J connectivity index is 1.72. The Labute approximate surface area is 184 Å². The van der Waals surface area contributed by atoms with Crippen molar-refractivity contribution in [3.05, 3.63) is 41.5 Å². The minimum Gasteiger partial charge on any atom is -0.494 e. The molecule has 0 heterocycles. The minimum absolute atomic E-state index is 0.259. The third-order valence-electron chi connectivity index (χ3n) is 6.78. The fourth-order valence-electron chi connectivity index (χ4n) is 5.44. The van der Waals surface area contributed by atoms with E-state index in [1.165, 1.54) is 49.7 Å². The molecule has 2 aliphatic carbocycles. The molecule has 0 aliphatic heterocycles. The van der Waals surface area contributed by atoms with Crippen molar-refractivity contribution in [2.75, 3.05) is 6.61 Å². The van der Waals surface area contributed by atoms with Crippen molar-refractivity contribution < 1.29 is 9.26 Å². The summed E-state index contributed by atoms with van der Waals surface area (Å²) in [7, 11) is 5.14. The Morgan fingerprint density at radius 1 is 1.21 bits per heavy atom. The van der Waals surface area contributed by atoms with Gasteiger partial charge in [0.2, 0.25) is 0 Å². The van der Waals surface area contributed by atoms with E-state index in [9.17, 15) is 0 Å². The number of allylic oxidation sites excluding steroid dienone is 1. The van der Waals surface area contributed by atoms with Gasteiger partial charge in [-0.05, 0) is 73.5 Å². The summed E-state index contributed by atoms with van der Waals surface area (Å²) in [6.07, 6.45) is 13.8. The summed E-state index contributed by atoms with van der Waals surface area (Å²) in [5, 5.41) is 0. The van der Waals surface area contributed by atoms with Gasteiger partial charge >= 0.3 is 0 Å². The van der Waals surface area contributed by atoms with Crippen molar-refractivity contribution in [2.24, 2.45) is 23.7 Å². The SMILES string of the molecule is CCCCC[C@@H](/C=C/[C@@H]1[C@H]2Cc3cccc(OCC)c3C[C@H]2C[C@H]1C)OP(P)P. The van der Waals surface area contributed by atoms with Gasteiger partial charge in [-0.3, -0.25) is 0 Å². The molecule has 5 heteroatoms. The van der Waals surface area contributed by atoms with Crippen LogP contribution in [0.3, 0.4) is 0 Å². The lowest BCUT2D eigenvalue weighted by Crippen LogP contribution is -2.25. The summed E-state index contributed by atoms with van der Waals surface area (Å²) >= 11 is 0. The highest BCUT2D eigenvalue weighted by molar-refractivity contribution is 8.41. The Kier molecular flexibility index (Phi) is 9.45. The maximum Gasteiger partial charge on any atom is 0.122 e. The van der Waals surface area contributed by atoms with Crippen molar-refractivity contribution >= 4 is 25.4 Å². The molecule has 2 nitrogen and oxygen atoms in total. The van der Waals surface area contributed by atoms with Crippen LogP contribution in [0.15, 0.2) is 30.4 Å². The van der Waals surface area contributed by atoms with Gasteiger partial charge in [0.05, 0.1) is 20.2 Å². The maximum atomic E-state index is 6.21. The molecule has 2 aliphatic rings. The highest BCUT2D eigenvalue weighted by Crippen LogP contribution is 2.55. The molecule has 0 spiro atoms. The molecule has 0 N–H and O–H groups in total. The summed E-state index contributed by atoms with van der Waals surface area (Å²) < 4.78 is 12.2. The second-order valence-corrected chi connectivity index (χ2v) is 14.6. The fourth-order valence-corrected chi connectivity index (χ4v) is 6.87. The standard InChI is InChI=1S/C24H39O2P3/c1-4-6-7-10-20(26-29(27)28)12-13-21-17(3)14-19-16-23-18(15-22(19)21)9-8-11-24(23)25-5-2/h8-9,11-13,17,19-22H,4-7,10,14-16,27-28H2,1-3H3/b13-12+/t17-,19-,20+,21+,22+/m1/s1. The first-order valence-corrected chi connectivity index (χ1v) is 15.9. The number of rotatable bonds is 10. The highest BCUT2D eigenvalue weighted by Gasteiger charge is 2.42. The molecule has 0 radical (unpaired) electrons. The van der Waals surface area contributed by atoms with E-state index in [1.54, 1.807) is 0 Å². The smallest absolute Gasteiger partial charge is 0.122 e. The van der Waals surface area contributed by atoms with Crippen molar-refractivity contribution in [3.63, 3.8) is 0 Å². The lowest BCUT2D eigenvalue weighted by atomic mass is 9.74. The van der Waals surface area contributed by atoms with E-state index in [-0.39, 0.29) is 6.10 Å². The van der Waals surface area contributed by atoms with Crippen LogP contribution in [0.2, 0.25) is 0 Å². The summed E-state index contributed by atoms with van der Waals surface area (Å²) in [5.74, 6) is 4.08. The van der Waals surface area contributed by atoms with E-state index in [0.29, 0.717) is 5.92 Å². The van der Waals surface area contributed by atoms with Crippen molar-refractivity contribution in [1.29, 1.82) is 0 Å². The number of ether oxygens (including phenoxy) is 1. The Morgan fingerprint density at radius 2 is 2.03 bits per heavy atom. The van der Waals surface area contributed by atoms with Crippen LogP contribution in [0.25, 0.3) is 0 Å². The molecule has 0 aromatic heterocycles. The van der Waals surface area contributed by atoms with Gasteiger partial charge in [0.25, 0.3) is 0 Å². The molecule has 1 aromatic carbocycles. The van der Waals surface area contributed by atoms with Gasteiger partial charge in [0, 0.05) is 0 Å². The van der Waals surface area contributed by atoms with Crippen LogP contribution in [0.4, 0.5) is 0 Å². The van der Waals surface area contributed by atoms with Crippen LogP contribution in [0.1, 0.15) is 64.0 Å². The Morgan fingerprint density at radius 3 is 2.76 bits per heavy atom. The Bertz CT molecular complexity index is 676. The fraction of sp³-hybridized carbons (Fsp3) is 0.667. The van der Waals surface area contributed by atoms with Crippen LogP contribution in [-0.2, 0) is 17.4 Å². The summed E-state index contributed by atoms with van der Waals surface area (Å²) in [4.78, 5) is 0. The maximum absolute atomic E-state index is 6.21. The van der Waals surface area contributed by atoms with Gasteiger partial charge in [-0.1, -0.05) is 75.3 Å². The summed E-state index contributed by atoms with van der Waals surface area (Å²) in [5.41, 5.74) is 2.99. The number of benzene rings is 1. The second kappa shape index (κ2) is 11.6. The molecule has 162 valence electrons. The normalized spacial score (nSPS) is 27.2. The third kappa shape index (κ3) is 6.26. The second-order valence-electron chi connectivity index (χ2n) is 8.83. The molecule has 0 saturated heterocycles. The Hall–Kier alpha value is 0.01000. The topological polar surface area (TPSA) is 18.5 Å². The van der Waals surface area contributed by atoms with Gasteiger partial charge < -0.3 is 9.26 Å². The van der Waals surface area contributed by atoms with Crippen LogP contribution in [0, 0.1) is 23.7 Å². The largest absolute Gasteiger partial charge is 0.494 e. The number of unbranched alkanes of at least 4 members (excludes halogenated alkanes) is 2. The van der Waals surface area contributed by atoms with Gasteiger partial charge in [-0.25, -0.2) is 0 Å². The van der Waals surface area contributed by atoms with Gasteiger partial charge in [-0.2, -0.15) is 0 Å². The quantitative estimate of drug-likeness (QED) is 0.207. The van der Waals surface area contributed by atoms with E-state index in [2.05, 4.69) is 69.0 Å². The van der Waals surface area contributed by atoms with Gasteiger partial charge in [-0.15, -0.1) is 0 Å². The van der Waals surface area contributed by atoms with E-state index < -0.39 is 7.53 Å². The van der Waals surface area contributed by atoms with Gasteiger partial charge in [0.1, 0.15) is 5.75 Å². The first kappa shape index (κ1) is 23.7. The van der Waals surface area contributed by atoms with Crippen LogP contribution < -0.4 is 4.74 Å². The first-order valence-electron chi connectivity index (χ1n) is 11.4. The minimum atomic E-state index is -0.485. The summed E-state index contributed by atoms with van der Waals surface area (Å²) in [6.45, 7) is 7.55. The van der Waals surface area contributed by atoms with E-state index in [4.69, 9.17) is 9.26 Å². The number of hydrogen-bond acceptors (Lipinski definition) is 2. The third-order valence-corrected chi connectivity index (χ3v) is 8.03. The lowest BCUT2D eigenvalue weighted by Gasteiger charge is -2.31. The molecule has 0 amide bonds. The average Bonchev–Trinajstić information content (AvgIpc) is 2.99. The predicted octanol–water partition coefficient (Wildman–Crippen LogP) is 7.57. The predicted molar refractivity (Wildman–Crippen MR) is 134 cm³/mol. The first-order chi connectivity index (χ1) is 14.0. The van der Waals surface area contributed by atoms with Crippen molar-refractivity contribution in [1.82, 2.24) is 0 Å². The average molecular weight is 452 g/mol. The molecule has 1 saturated carbocycles. The molecule has 7 atom stereocenters. The van der Waals surface area contributed by atoms with Gasteiger partial charge in [0.15, 0.2) is 0 Å². The van der Waals surface area contributed by atoms with Crippen molar-refractivity contribution in [3.8, 4) is 5.75 Å². The molecular formula is C24H39O2P3. The van der Waals surface area contributed by atoms with Crippen LogP contribution in [-0.4, -0.2) is 12.7 Å². The van der Waals surface area contributed by atoms with E-state index in [1.807, 2.05) is 0 Å². The molecule has 1 fully saturated rings. The zero-order valence-corrected chi connectivity index (χ0v) is 21.6. The van der Waals surface area contributed by atoms with Crippen molar-refractivity contribution in [2.45, 2.75) is 71.8 Å². The zero-order valence-electron chi connectivity index (χ0n) is 18.3. The molecule has 29 heavy (non-hydrogen) atoms. The summed E-state index contributed by atoms with van der Waals surface area (Å²) in [6, 6.07) is 6.65. The van der Waals surface area contributed by atoms with Crippen LogP contribution >= 0.6 is 25.4 Å². The zero-order chi connectivity index (χ0) is 20.8. The molecular weight excluding hydrogens is 413 g/mol. The molecule has 0 bridgehead atoms. The lowest BCUT2D eigenvalue weighted by molar-refractivity contribution is 0.265. The van der Waals surface area contributed by atoms with E-state index >= 15 is 0 Å². The molecule has 3 rings (SSSR count). The molecule has 1 aromatic rings. The molecule has 2 unspecified atom stereocenters. The number of hydrogen-bond donors (Lipinski definition) is 0.